The first kappa shape index (κ1) is 14.2. The summed E-state index contributed by atoms with van der Waals surface area (Å²) >= 11 is 0. The summed E-state index contributed by atoms with van der Waals surface area (Å²) in [6.45, 7) is 0.646. The molecule has 3 heteroatoms. The number of nitrogens with zero attached hydrogens (tertiary/aromatic N) is 1. The Kier molecular flexibility index (Phi) is 5.08. The molecule has 0 radical (unpaired) electrons. The summed E-state index contributed by atoms with van der Waals surface area (Å²) in [7, 11) is 4.07. The second-order valence-electron chi connectivity index (χ2n) is 5.87. The maximum Gasteiger partial charge on any atom is 0.0715 e. The highest BCUT2D eigenvalue weighted by molar-refractivity contribution is 5.57. The maximum atomic E-state index is 10.1. The van der Waals surface area contributed by atoms with Crippen molar-refractivity contribution in [1.29, 1.82) is 0 Å². The number of aliphatic hydroxyl groups is 1. The summed E-state index contributed by atoms with van der Waals surface area (Å²) in [4.78, 5) is 2.08. The van der Waals surface area contributed by atoms with Gasteiger partial charge in [0.1, 0.15) is 0 Å². The first-order valence-corrected chi connectivity index (χ1v) is 7.34. The lowest BCUT2D eigenvalue weighted by Crippen LogP contribution is -2.22. The van der Waals surface area contributed by atoms with Gasteiger partial charge < -0.3 is 15.3 Å². The quantitative estimate of drug-likeness (QED) is 0.827. The number of aliphatic hydroxyl groups excluding tert-OH is 1. The van der Waals surface area contributed by atoms with Crippen LogP contribution >= 0.6 is 0 Å². The van der Waals surface area contributed by atoms with Crippen LogP contribution in [0.25, 0.3) is 0 Å². The second kappa shape index (κ2) is 6.80. The molecule has 1 saturated carbocycles. The third-order valence-corrected chi connectivity index (χ3v) is 3.98. The zero-order valence-corrected chi connectivity index (χ0v) is 12.1. The van der Waals surface area contributed by atoms with Crippen LogP contribution in [0.3, 0.4) is 0 Å². The molecule has 2 N–H and O–H groups in total. The van der Waals surface area contributed by atoms with Gasteiger partial charge in [-0.2, -0.15) is 0 Å². The Morgan fingerprint density at radius 3 is 2.74 bits per heavy atom. The Hall–Kier alpha value is -1.22. The molecule has 1 aliphatic carbocycles. The zero-order valence-electron chi connectivity index (χ0n) is 12.1. The molecule has 106 valence electrons. The smallest absolute Gasteiger partial charge is 0.0715 e. The van der Waals surface area contributed by atoms with Gasteiger partial charge in [-0.25, -0.2) is 0 Å². The van der Waals surface area contributed by atoms with Crippen LogP contribution in [-0.2, 0) is 0 Å². The minimum Gasteiger partial charge on any atom is -0.391 e. The SMILES string of the molecule is CN(C)c1cccc(NCC(O)CC2CCCC2)c1. The maximum absolute atomic E-state index is 10.1. The summed E-state index contributed by atoms with van der Waals surface area (Å²) < 4.78 is 0. The van der Waals surface area contributed by atoms with Crippen LogP contribution in [0.4, 0.5) is 11.4 Å². The minimum absolute atomic E-state index is 0.230. The lowest BCUT2D eigenvalue weighted by Gasteiger charge is -2.18. The van der Waals surface area contributed by atoms with Gasteiger partial charge in [-0.15, -0.1) is 0 Å². The van der Waals surface area contributed by atoms with Crippen molar-refractivity contribution in [3.05, 3.63) is 24.3 Å². The van der Waals surface area contributed by atoms with Crippen LogP contribution in [0.1, 0.15) is 32.1 Å². The molecule has 1 aromatic carbocycles. The van der Waals surface area contributed by atoms with Gasteiger partial charge >= 0.3 is 0 Å². The topological polar surface area (TPSA) is 35.5 Å². The van der Waals surface area contributed by atoms with E-state index >= 15 is 0 Å². The van der Waals surface area contributed by atoms with Crippen molar-refractivity contribution in [3.63, 3.8) is 0 Å². The molecule has 2 rings (SSSR count). The standard InChI is InChI=1S/C16H26N2O/c1-18(2)15-9-5-8-14(11-15)17-12-16(19)10-13-6-3-4-7-13/h5,8-9,11,13,16-17,19H,3-4,6-7,10,12H2,1-2H3. The van der Waals surface area contributed by atoms with E-state index in [1.165, 1.54) is 31.4 Å². The van der Waals surface area contributed by atoms with Crippen molar-refractivity contribution in [2.75, 3.05) is 30.9 Å². The first-order chi connectivity index (χ1) is 9.15. The van der Waals surface area contributed by atoms with Gasteiger partial charge in [-0.3, -0.25) is 0 Å². The molecule has 1 aromatic rings. The Bertz CT molecular complexity index is 386. The van der Waals surface area contributed by atoms with E-state index in [1.807, 2.05) is 20.2 Å². The van der Waals surface area contributed by atoms with E-state index in [9.17, 15) is 5.11 Å². The van der Waals surface area contributed by atoms with Crippen molar-refractivity contribution < 1.29 is 5.11 Å². The van der Waals surface area contributed by atoms with Crippen LogP contribution in [-0.4, -0.2) is 31.9 Å². The van der Waals surface area contributed by atoms with Crippen LogP contribution in [0.2, 0.25) is 0 Å². The first-order valence-electron chi connectivity index (χ1n) is 7.34. The number of benzene rings is 1. The van der Waals surface area contributed by atoms with Gasteiger partial charge in [0.2, 0.25) is 0 Å². The van der Waals surface area contributed by atoms with E-state index in [0.29, 0.717) is 6.54 Å². The molecule has 1 atom stereocenters. The minimum atomic E-state index is -0.230. The summed E-state index contributed by atoms with van der Waals surface area (Å²) in [5, 5.41) is 13.4. The number of rotatable bonds is 6. The fourth-order valence-corrected chi connectivity index (χ4v) is 2.84. The fourth-order valence-electron chi connectivity index (χ4n) is 2.84. The average molecular weight is 262 g/mol. The van der Waals surface area contributed by atoms with Gasteiger partial charge in [0.25, 0.3) is 0 Å². The number of nitrogens with one attached hydrogen (secondary N) is 1. The molecule has 19 heavy (non-hydrogen) atoms. The molecule has 0 aliphatic heterocycles. The van der Waals surface area contributed by atoms with Crippen molar-refractivity contribution in [2.45, 2.75) is 38.2 Å². The second-order valence-corrected chi connectivity index (χ2v) is 5.87. The monoisotopic (exact) mass is 262 g/mol. The molecule has 0 amide bonds. The molecular weight excluding hydrogens is 236 g/mol. The highest BCUT2D eigenvalue weighted by Crippen LogP contribution is 2.28. The summed E-state index contributed by atoms with van der Waals surface area (Å²) in [6, 6.07) is 8.29. The van der Waals surface area contributed by atoms with Gasteiger partial charge in [-0.1, -0.05) is 31.7 Å². The lowest BCUT2D eigenvalue weighted by molar-refractivity contribution is 0.155. The third-order valence-electron chi connectivity index (χ3n) is 3.98. The predicted molar refractivity (Wildman–Crippen MR) is 81.8 cm³/mol. The van der Waals surface area contributed by atoms with Gasteiger partial charge in [-0.05, 0) is 30.5 Å². The zero-order chi connectivity index (χ0) is 13.7. The number of hydrogen-bond donors (Lipinski definition) is 2. The van der Waals surface area contributed by atoms with Crippen LogP contribution < -0.4 is 10.2 Å². The number of hydrogen-bond acceptors (Lipinski definition) is 3. The van der Waals surface area contributed by atoms with Crippen LogP contribution in [0.15, 0.2) is 24.3 Å². The summed E-state index contributed by atoms with van der Waals surface area (Å²) in [5.74, 6) is 0.741. The number of anilines is 2. The molecule has 1 unspecified atom stereocenters. The van der Waals surface area contributed by atoms with E-state index in [0.717, 1.165) is 18.0 Å². The molecule has 1 fully saturated rings. The highest BCUT2D eigenvalue weighted by atomic mass is 16.3. The third kappa shape index (κ3) is 4.43. The summed E-state index contributed by atoms with van der Waals surface area (Å²) in [6.07, 6.45) is 6.00. The van der Waals surface area contributed by atoms with E-state index in [4.69, 9.17) is 0 Å². The van der Waals surface area contributed by atoms with Crippen molar-refractivity contribution in [3.8, 4) is 0 Å². The average Bonchev–Trinajstić information content (AvgIpc) is 2.89. The Labute approximate surface area is 116 Å². The Morgan fingerprint density at radius 2 is 2.05 bits per heavy atom. The molecule has 0 heterocycles. The predicted octanol–water partition coefficient (Wildman–Crippen LogP) is 3.11. The molecule has 1 aliphatic rings. The van der Waals surface area contributed by atoms with Crippen LogP contribution in [0.5, 0.6) is 0 Å². The Morgan fingerprint density at radius 1 is 1.32 bits per heavy atom. The molecule has 0 aromatic heterocycles. The Balaban J connectivity index is 1.79. The normalized spacial score (nSPS) is 17.4. The molecule has 0 saturated heterocycles. The van der Waals surface area contributed by atoms with E-state index < -0.39 is 0 Å². The van der Waals surface area contributed by atoms with Crippen LogP contribution in [0, 0.1) is 5.92 Å². The molecule has 3 nitrogen and oxygen atoms in total. The largest absolute Gasteiger partial charge is 0.391 e. The molecular formula is C16H26N2O. The van der Waals surface area contributed by atoms with Crippen molar-refractivity contribution >= 4 is 11.4 Å². The lowest BCUT2D eigenvalue weighted by atomic mass is 10.00. The van der Waals surface area contributed by atoms with E-state index in [1.54, 1.807) is 0 Å². The van der Waals surface area contributed by atoms with Crippen molar-refractivity contribution in [1.82, 2.24) is 0 Å². The van der Waals surface area contributed by atoms with E-state index in [-0.39, 0.29) is 6.10 Å². The highest BCUT2D eigenvalue weighted by Gasteiger charge is 2.18. The van der Waals surface area contributed by atoms with Gasteiger partial charge in [0, 0.05) is 32.0 Å². The molecule has 0 spiro atoms. The summed E-state index contributed by atoms with van der Waals surface area (Å²) in [5.41, 5.74) is 2.26. The van der Waals surface area contributed by atoms with Gasteiger partial charge in [0.05, 0.1) is 6.10 Å². The van der Waals surface area contributed by atoms with Gasteiger partial charge in [0.15, 0.2) is 0 Å². The van der Waals surface area contributed by atoms with E-state index in [2.05, 4.69) is 28.4 Å². The molecule has 0 bridgehead atoms. The fraction of sp³-hybridized carbons (Fsp3) is 0.625. The van der Waals surface area contributed by atoms with Crippen molar-refractivity contribution in [2.24, 2.45) is 5.92 Å².